The normalized spacial score (nSPS) is 17.0. The van der Waals surface area contributed by atoms with Crippen molar-refractivity contribution < 1.29 is 28.5 Å². The highest BCUT2D eigenvalue weighted by Gasteiger charge is 2.41. The summed E-state index contributed by atoms with van der Waals surface area (Å²) in [7, 11) is 2.22. The molecule has 2 rings (SSSR count). The van der Waals surface area contributed by atoms with Gasteiger partial charge in [-0.1, -0.05) is 182 Å². The van der Waals surface area contributed by atoms with Crippen LogP contribution in [0.15, 0.2) is 0 Å². The zero-order chi connectivity index (χ0) is 45.5. The van der Waals surface area contributed by atoms with Crippen molar-refractivity contribution in [2.45, 2.75) is 271 Å². The van der Waals surface area contributed by atoms with Crippen molar-refractivity contribution in [2.24, 2.45) is 11.8 Å². The number of hydrogen-bond donors (Lipinski definition) is 0. The molecule has 2 fully saturated rings. The smallest absolute Gasteiger partial charge is 0.306 e. The van der Waals surface area contributed by atoms with E-state index in [1.807, 2.05) is 0 Å². The SMILES string of the molecule is CCCCCC(CCCCC)CC(=O)OCCCCCCCCCCC1(CCCCCCCCCCOC(=O)CC(CCCCC)CCCCC)OCC(CN2CCN(C)CC2)O1. The van der Waals surface area contributed by atoms with E-state index in [2.05, 4.69) is 44.5 Å². The molecular weight excluding hydrogens is 785 g/mol. The molecule has 0 saturated carbocycles. The van der Waals surface area contributed by atoms with E-state index in [4.69, 9.17) is 18.9 Å². The molecule has 0 radical (unpaired) electrons. The molecule has 0 amide bonds. The number of ether oxygens (including phenoxy) is 4. The van der Waals surface area contributed by atoms with Gasteiger partial charge in [-0.05, 0) is 70.3 Å². The Balaban J connectivity index is 1.59. The minimum Gasteiger partial charge on any atom is -0.466 e. The Morgan fingerprint density at radius 3 is 1.25 bits per heavy atom. The third-order valence-electron chi connectivity index (χ3n) is 14.2. The average Bonchev–Trinajstić information content (AvgIpc) is 3.67. The van der Waals surface area contributed by atoms with Crippen LogP contribution >= 0.6 is 0 Å². The predicted molar refractivity (Wildman–Crippen MR) is 265 cm³/mol. The third-order valence-corrected chi connectivity index (χ3v) is 14.2. The summed E-state index contributed by atoms with van der Waals surface area (Å²) in [6.45, 7) is 16.4. The molecule has 0 aliphatic carbocycles. The van der Waals surface area contributed by atoms with E-state index >= 15 is 0 Å². The van der Waals surface area contributed by atoms with Crippen LogP contribution in [0.4, 0.5) is 0 Å². The molecule has 1 atom stereocenters. The van der Waals surface area contributed by atoms with Gasteiger partial charge >= 0.3 is 11.9 Å². The maximum absolute atomic E-state index is 12.6. The fourth-order valence-corrected chi connectivity index (χ4v) is 9.92. The average molecular weight is 891 g/mol. The van der Waals surface area contributed by atoms with Crippen molar-refractivity contribution in [1.82, 2.24) is 9.80 Å². The predicted octanol–water partition coefficient (Wildman–Crippen LogP) is 14.8. The lowest BCUT2D eigenvalue weighted by Gasteiger charge is -2.34. The van der Waals surface area contributed by atoms with Crippen molar-refractivity contribution in [3.8, 4) is 0 Å². The zero-order valence-corrected chi connectivity index (χ0v) is 42.7. The molecule has 0 aromatic rings. The molecular formula is C55H106N2O6. The molecule has 2 heterocycles. The fraction of sp³-hybridized carbons (Fsp3) is 0.964. The number of likely N-dealkylation sites (N-methyl/N-ethyl adjacent to an activating group) is 1. The molecule has 2 aliphatic rings. The van der Waals surface area contributed by atoms with Gasteiger partial charge < -0.3 is 23.8 Å². The number of carbonyl (C=O) groups excluding carboxylic acids is 2. The maximum atomic E-state index is 12.6. The Morgan fingerprint density at radius 2 is 0.873 bits per heavy atom. The Bertz CT molecular complexity index is 970. The van der Waals surface area contributed by atoms with Gasteiger partial charge in [-0.15, -0.1) is 0 Å². The van der Waals surface area contributed by atoms with Crippen LogP contribution in [-0.4, -0.2) is 93.2 Å². The molecule has 8 nitrogen and oxygen atoms in total. The minimum absolute atomic E-state index is 0.0276. The van der Waals surface area contributed by atoms with Gasteiger partial charge in [-0.25, -0.2) is 0 Å². The molecule has 2 saturated heterocycles. The van der Waals surface area contributed by atoms with Gasteiger partial charge in [0.15, 0.2) is 5.79 Å². The molecule has 1 unspecified atom stereocenters. The monoisotopic (exact) mass is 891 g/mol. The number of piperazine rings is 1. The van der Waals surface area contributed by atoms with Crippen LogP contribution in [0.3, 0.4) is 0 Å². The lowest BCUT2D eigenvalue weighted by Crippen LogP contribution is -2.47. The molecule has 63 heavy (non-hydrogen) atoms. The second-order valence-electron chi connectivity index (χ2n) is 20.3. The molecule has 0 spiro atoms. The highest BCUT2D eigenvalue weighted by molar-refractivity contribution is 5.70. The number of nitrogens with zero attached hydrogens (tertiary/aromatic N) is 2. The Kier molecular flexibility index (Phi) is 36.7. The first kappa shape index (κ1) is 57.9. The second kappa shape index (κ2) is 39.9. The lowest BCUT2D eigenvalue weighted by atomic mass is 9.92. The molecule has 372 valence electrons. The van der Waals surface area contributed by atoms with Gasteiger partial charge in [-0.3, -0.25) is 14.5 Å². The molecule has 8 heteroatoms. The van der Waals surface area contributed by atoms with E-state index < -0.39 is 5.79 Å². The summed E-state index contributed by atoms with van der Waals surface area (Å²) < 4.78 is 24.8. The van der Waals surface area contributed by atoms with Gasteiger partial charge in [0.25, 0.3) is 0 Å². The number of unbranched alkanes of at least 4 members (excludes halogenated alkanes) is 22. The van der Waals surface area contributed by atoms with Crippen molar-refractivity contribution >= 4 is 11.9 Å². The number of rotatable bonds is 44. The maximum Gasteiger partial charge on any atom is 0.306 e. The van der Waals surface area contributed by atoms with E-state index in [1.165, 1.54) is 180 Å². The highest BCUT2D eigenvalue weighted by atomic mass is 16.7. The van der Waals surface area contributed by atoms with E-state index in [0.717, 1.165) is 77.9 Å². The van der Waals surface area contributed by atoms with Crippen LogP contribution in [0.25, 0.3) is 0 Å². The molecule has 0 N–H and O–H groups in total. The summed E-state index contributed by atoms with van der Waals surface area (Å²) in [5.41, 5.74) is 0. The van der Waals surface area contributed by atoms with Crippen molar-refractivity contribution in [2.75, 3.05) is 59.6 Å². The van der Waals surface area contributed by atoms with Crippen LogP contribution in [0.2, 0.25) is 0 Å². The third kappa shape index (κ3) is 31.4. The summed E-state index contributed by atoms with van der Waals surface area (Å²) in [6.07, 6.45) is 42.3. The molecule has 2 aliphatic heterocycles. The van der Waals surface area contributed by atoms with Crippen LogP contribution in [0.5, 0.6) is 0 Å². The zero-order valence-electron chi connectivity index (χ0n) is 42.7. The molecule has 0 aromatic heterocycles. The quantitative estimate of drug-likeness (QED) is 0.0442. The minimum atomic E-state index is -0.401. The van der Waals surface area contributed by atoms with Gasteiger partial charge in [0, 0.05) is 58.4 Å². The Labute approximate surface area is 391 Å². The van der Waals surface area contributed by atoms with Crippen LogP contribution in [0.1, 0.15) is 259 Å². The summed E-state index contributed by atoms with van der Waals surface area (Å²) in [5, 5.41) is 0. The fourth-order valence-electron chi connectivity index (χ4n) is 9.92. The van der Waals surface area contributed by atoms with E-state index in [0.29, 0.717) is 37.9 Å². The van der Waals surface area contributed by atoms with Gasteiger partial charge in [-0.2, -0.15) is 0 Å². The molecule has 0 bridgehead atoms. The number of esters is 2. The van der Waals surface area contributed by atoms with E-state index in [9.17, 15) is 9.59 Å². The first-order chi connectivity index (χ1) is 30.8. The summed E-state index contributed by atoms with van der Waals surface area (Å²) in [4.78, 5) is 30.1. The van der Waals surface area contributed by atoms with Gasteiger partial charge in [0.05, 0.1) is 25.9 Å². The number of hydrogen-bond acceptors (Lipinski definition) is 8. The topological polar surface area (TPSA) is 77.5 Å². The standard InChI is InChI=1S/C55H106N2O6/c1-6-10-26-34-50(35-27-11-7-2)46-53(58)60-44-32-24-20-16-14-18-22-30-38-55(62-49-52(63-55)48-57-42-40-56(5)41-43-57)39-31-23-19-15-17-21-25-33-45-61-54(59)47-51(36-28-12-8-3)37-29-13-9-4/h50-52H,6-49H2,1-5H3. The van der Waals surface area contributed by atoms with Crippen molar-refractivity contribution in [1.29, 1.82) is 0 Å². The van der Waals surface area contributed by atoms with Crippen LogP contribution in [-0.2, 0) is 28.5 Å². The largest absolute Gasteiger partial charge is 0.466 e. The lowest BCUT2D eigenvalue weighted by molar-refractivity contribution is -0.181. The summed E-state index contributed by atoms with van der Waals surface area (Å²) >= 11 is 0. The molecule has 0 aromatic carbocycles. The second-order valence-corrected chi connectivity index (χ2v) is 20.3. The van der Waals surface area contributed by atoms with Crippen LogP contribution < -0.4 is 0 Å². The number of carbonyl (C=O) groups is 2. The highest BCUT2D eigenvalue weighted by Crippen LogP contribution is 2.35. The first-order valence-corrected chi connectivity index (χ1v) is 27.9. The Morgan fingerprint density at radius 1 is 0.508 bits per heavy atom. The summed E-state index contributed by atoms with van der Waals surface area (Å²) in [6, 6.07) is 0. The van der Waals surface area contributed by atoms with Crippen LogP contribution in [0, 0.1) is 11.8 Å². The van der Waals surface area contributed by atoms with Gasteiger partial charge in [0.1, 0.15) is 0 Å². The Hall–Kier alpha value is -1.22. The van der Waals surface area contributed by atoms with E-state index in [-0.39, 0.29) is 18.0 Å². The van der Waals surface area contributed by atoms with Crippen molar-refractivity contribution in [3.63, 3.8) is 0 Å². The van der Waals surface area contributed by atoms with E-state index in [1.54, 1.807) is 0 Å². The first-order valence-electron chi connectivity index (χ1n) is 27.9. The summed E-state index contributed by atoms with van der Waals surface area (Å²) in [5.74, 6) is 0.668. The van der Waals surface area contributed by atoms with Crippen molar-refractivity contribution in [3.05, 3.63) is 0 Å². The van der Waals surface area contributed by atoms with Gasteiger partial charge in [0.2, 0.25) is 0 Å².